The molecule has 2 N–H and O–H groups in total. The Labute approximate surface area is 125 Å². The summed E-state index contributed by atoms with van der Waals surface area (Å²) in [5.41, 5.74) is 8.52. The van der Waals surface area contributed by atoms with Gasteiger partial charge in [0.1, 0.15) is 0 Å². The number of aromatic nitrogens is 2. The molecule has 0 spiro atoms. The average molecular weight is 285 g/mol. The smallest absolute Gasteiger partial charge is 0.229 e. The maximum atomic E-state index is 5.78. The highest BCUT2D eigenvalue weighted by atomic mass is 16.5. The van der Waals surface area contributed by atoms with Gasteiger partial charge in [-0.15, -0.1) is 0 Å². The predicted octanol–water partition coefficient (Wildman–Crippen LogP) is 3.38. The molecule has 112 valence electrons. The molecule has 2 aromatic rings. The molecule has 1 aromatic carbocycles. The molecule has 1 aromatic heterocycles. The van der Waals surface area contributed by atoms with Gasteiger partial charge < -0.3 is 10.3 Å². The van der Waals surface area contributed by atoms with E-state index in [-0.39, 0.29) is 6.04 Å². The Morgan fingerprint density at radius 3 is 2.86 bits per heavy atom. The molecule has 0 radical (unpaired) electrons. The first-order chi connectivity index (χ1) is 10.1. The zero-order valence-electron chi connectivity index (χ0n) is 12.7. The van der Waals surface area contributed by atoms with Crippen LogP contribution in [0.4, 0.5) is 0 Å². The maximum absolute atomic E-state index is 5.78. The molecule has 3 unspecified atom stereocenters. The van der Waals surface area contributed by atoms with E-state index in [1.54, 1.807) is 0 Å². The monoisotopic (exact) mass is 285 g/mol. The Hall–Kier alpha value is -1.68. The first-order valence-electron chi connectivity index (χ1n) is 7.82. The van der Waals surface area contributed by atoms with Crippen LogP contribution in [0.25, 0.3) is 0 Å². The van der Waals surface area contributed by atoms with Gasteiger partial charge in [-0.25, -0.2) is 0 Å². The van der Waals surface area contributed by atoms with Gasteiger partial charge in [0.2, 0.25) is 5.89 Å². The number of nitrogens with zero attached hydrogens (tertiary/aromatic N) is 2. The second-order valence-corrected chi connectivity index (χ2v) is 6.26. The molecule has 1 heterocycles. The Morgan fingerprint density at radius 2 is 2.10 bits per heavy atom. The van der Waals surface area contributed by atoms with Crippen LogP contribution >= 0.6 is 0 Å². The van der Waals surface area contributed by atoms with Gasteiger partial charge in [0, 0.05) is 12.0 Å². The van der Waals surface area contributed by atoms with Crippen LogP contribution in [0.15, 0.2) is 28.8 Å². The third kappa shape index (κ3) is 3.00. The molecule has 4 nitrogen and oxygen atoms in total. The molecule has 1 aliphatic carbocycles. The van der Waals surface area contributed by atoms with Crippen molar-refractivity contribution in [2.45, 2.75) is 57.4 Å². The van der Waals surface area contributed by atoms with E-state index in [1.807, 2.05) is 6.92 Å². The van der Waals surface area contributed by atoms with E-state index in [9.17, 15) is 0 Å². The summed E-state index contributed by atoms with van der Waals surface area (Å²) in [5, 5.41) is 4.19. The largest absolute Gasteiger partial charge is 0.339 e. The Balaban J connectivity index is 1.62. The molecule has 0 fully saturated rings. The highest BCUT2D eigenvalue weighted by Gasteiger charge is 2.31. The zero-order valence-corrected chi connectivity index (χ0v) is 12.7. The Bertz CT molecular complexity index is 606. The van der Waals surface area contributed by atoms with Crippen LogP contribution in [0, 0.1) is 0 Å². The fourth-order valence-electron chi connectivity index (χ4n) is 2.95. The molecule has 1 aliphatic rings. The number of nitrogens with two attached hydrogens (primary N) is 1. The fourth-order valence-corrected chi connectivity index (χ4v) is 2.95. The van der Waals surface area contributed by atoms with E-state index in [2.05, 4.69) is 41.3 Å². The molecule has 0 saturated heterocycles. The topological polar surface area (TPSA) is 64.9 Å². The van der Waals surface area contributed by atoms with Gasteiger partial charge in [-0.3, -0.25) is 0 Å². The molecule has 4 heteroatoms. The van der Waals surface area contributed by atoms with Crippen LogP contribution in [0.3, 0.4) is 0 Å². The van der Waals surface area contributed by atoms with Crippen molar-refractivity contribution in [2.75, 3.05) is 0 Å². The molecular formula is C17H23N3O. The summed E-state index contributed by atoms with van der Waals surface area (Å²) in [6, 6.07) is 8.75. The van der Waals surface area contributed by atoms with Crippen molar-refractivity contribution in [2.24, 2.45) is 5.73 Å². The van der Waals surface area contributed by atoms with Crippen LogP contribution in [0.5, 0.6) is 0 Å². The fraction of sp³-hybridized carbons (Fsp3) is 0.529. The Morgan fingerprint density at radius 1 is 1.29 bits per heavy atom. The molecule has 0 aliphatic heterocycles. The Kier molecular flexibility index (Phi) is 4.06. The van der Waals surface area contributed by atoms with Gasteiger partial charge in [0.15, 0.2) is 5.82 Å². The molecule has 0 amide bonds. The van der Waals surface area contributed by atoms with Gasteiger partial charge >= 0.3 is 0 Å². The van der Waals surface area contributed by atoms with Crippen molar-refractivity contribution < 1.29 is 4.52 Å². The summed E-state index contributed by atoms with van der Waals surface area (Å²) >= 11 is 0. The second kappa shape index (κ2) is 5.98. The van der Waals surface area contributed by atoms with E-state index in [4.69, 9.17) is 10.3 Å². The van der Waals surface area contributed by atoms with E-state index in [0.717, 1.165) is 37.4 Å². The van der Waals surface area contributed by atoms with E-state index in [0.29, 0.717) is 11.8 Å². The third-order valence-electron chi connectivity index (χ3n) is 4.34. The van der Waals surface area contributed by atoms with E-state index >= 15 is 0 Å². The van der Waals surface area contributed by atoms with Crippen molar-refractivity contribution in [3.63, 3.8) is 0 Å². The lowest BCUT2D eigenvalue weighted by atomic mass is 9.77. The van der Waals surface area contributed by atoms with E-state index < -0.39 is 0 Å². The van der Waals surface area contributed by atoms with Crippen LogP contribution in [-0.4, -0.2) is 16.2 Å². The minimum absolute atomic E-state index is 0.266. The van der Waals surface area contributed by atoms with Crippen molar-refractivity contribution in [1.82, 2.24) is 10.1 Å². The van der Waals surface area contributed by atoms with Gasteiger partial charge in [-0.05, 0) is 37.3 Å². The van der Waals surface area contributed by atoms with Gasteiger partial charge in [0.05, 0.1) is 5.92 Å². The standard InChI is InChI=1S/C17H23N3O/c1-11(6-5-7-12(2)18)17-19-16(20-21-17)15-10-13-8-3-4-9-14(13)15/h3-4,8-9,11-12,15H,5-7,10,18H2,1-2H3. The minimum atomic E-state index is 0.266. The lowest BCUT2D eigenvalue weighted by Gasteiger charge is -2.27. The molecular weight excluding hydrogens is 262 g/mol. The van der Waals surface area contributed by atoms with Gasteiger partial charge in [0.25, 0.3) is 0 Å². The summed E-state index contributed by atoms with van der Waals surface area (Å²) in [6.45, 7) is 4.19. The zero-order chi connectivity index (χ0) is 14.8. The predicted molar refractivity (Wildman–Crippen MR) is 82.2 cm³/mol. The van der Waals surface area contributed by atoms with Gasteiger partial charge in [-0.1, -0.05) is 42.8 Å². The lowest BCUT2D eigenvalue weighted by molar-refractivity contribution is 0.344. The molecule has 3 rings (SSSR count). The quantitative estimate of drug-likeness (QED) is 0.883. The SMILES string of the molecule is CC(N)CCCC(C)c1nc(C2Cc3ccccc32)no1. The first-order valence-corrected chi connectivity index (χ1v) is 7.82. The van der Waals surface area contributed by atoms with Gasteiger partial charge in [-0.2, -0.15) is 4.98 Å². The number of hydrogen-bond donors (Lipinski definition) is 1. The minimum Gasteiger partial charge on any atom is -0.339 e. The van der Waals surface area contributed by atoms with E-state index in [1.165, 1.54) is 11.1 Å². The highest BCUT2D eigenvalue weighted by Crippen LogP contribution is 2.38. The van der Waals surface area contributed by atoms with Crippen molar-refractivity contribution >= 4 is 0 Å². The summed E-state index contributed by atoms with van der Waals surface area (Å²) < 4.78 is 5.46. The number of hydrogen-bond acceptors (Lipinski definition) is 4. The first kappa shape index (κ1) is 14.3. The molecule has 0 saturated carbocycles. The van der Waals surface area contributed by atoms with Crippen LogP contribution in [0.2, 0.25) is 0 Å². The van der Waals surface area contributed by atoms with Crippen LogP contribution in [-0.2, 0) is 6.42 Å². The number of rotatable bonds is 6. The molecule has 3 atom stereocenters. The average Bonchev–Trinajstić information content (AvgIpc) is 2.89. The molecule has 0 bridgehead atoms. The highest BCUT2D eigenvalue weighted by molar-refractivity contribution is 5.43. The van der Waals surface area contributed by atoms with Crippen molar-refractivity contribution in [3.05, 3.63) is 47.1 Å². The number of fused-ring (bicyclic) bond motifs is 1. The van der Waals surface area contributed by atoms with Crippen LogP contribution < -0.4 is 5.73 Å². The second-order valence-electron chi connectivity index (χ2n) is 6.26. The number of benzene rings is 1. The normalized spacial score (nSPS) is 19.7. The summed E-state index contributed by atoms with van der Waals surface area (Å²) in [5.74, 6) is 2.22. The summed E-state index contributed by atoms with van der Waals surface area (Å²) in [4.78, 5) is 4.62. The third-order valence-corrected chi connectivity index (χ3v) is 4.34. The summed E-state index contributed by atoms with van der Waals surface area (Å²) in [7, 11) is 0. The molecule has 21 heavy (non-hydrogen) atoms. The lowest BCUT2D eigenvalue weighted by Crippen LogP contribution is -2.19. The summed E-state index contributed by atoms with van der Waals surface area (Å²) in [6.07, 6.45) is 4.21. The van der Waals surface area contributed by atoms with Crippen LogP contribution in [0.1, 0.15) is 67.8 Å². The maximum Gasteiger partial charge on any atom is 0.229 e. The van der Waals surface area contributed by atoms with Crippen molar-refractivity contribution in [1.29, 1.82) is 0 Å². The van der Waals surface area contributed by atoms with Crippen molar-refractivity contribution in [3.8, 4) is 0 Å².